The Morgan fingerprint density at radius 1 is 1.20 bits per heavy atom. The van der Waals surface area contributed by atoms with Crippen LogP contribution < -0.4 is 16.4 Å². The number of hydrogen-bond donors (Lipinski definition) is 3. The highest BCUT2D eigenvalue weighted by Gasteiger charge is 2.24. The summed E-state index contributed by atoms with van der Waals surface area (Å²) < 4.78 is 0. The number of nitrogens with one attached hydrogen (secondary N) is 2. The second kappa shape index (κ2) is 9.34. The van der Waals surface area contributed by atoms with E-state index in [0.717, 1.165) is 6.42 Å². The van der Waals surface area contributed by atoms with E-state index >= 15 is 0 Å². The lowest BCUT2D eigenvalue weighted by Crippen LogP contribution is -2.44. The van der Waals surface area contributed by atoms with Gasteiger partial charge < -0.3 is 16.4 Å². The molecule has 0 saturated carbocycles. The van der Waals surface area contributed by atoms with E-state index in [4.69, 9.17) is 5.73 Å². The summed E-state index contributed by atoms with van der Waals surface area (Å²) in [6.07, 6.45) is 1.83. The molecule has 20 heavy (non-hydrogen) atoms. The van der Waals surface area contributed by atoms with Crippen LogP contribution in [0.3, 0.4) is 0 Å². The lowest BCUT2D eigenvalue weighted by Gasteiger charge is -2.22. The smallest absolute Gasteiger partial charge is 0.312 e. The molecule has 4 N–H and O–H groups in total. The van der Waals surface area contributed by atoms with E-state index < -0.39 is 12.1 Å². The third kappa shape index (κ3) is 7.11. The van der Waals surface area contributed by atoms with Gasteiger partial charge >= 0.3 is 6.03 Å². The van der Waals surface area contributed by atoms with Gasteiger partial charge in [-0.3, -0.25) is 9.59 Å². The van der Waals surface area contributed by atoms with Gasteiger partial charge in [0.05, 0.1) is 6.04 Å². The predicted octanol–water partition coefficient (Wildman–Crippen LogP) is 1.19. The Labute approximate surface area is 120 Å². The maximum absolute atomic E-state index is 12.1. The summed E-state index contributed by atoms with van der Waals surface area (Å²) in [5.41, 5.74) is 4.95. The zero-order valence-electron chi connectivity index (χ0n) is 12.9. The van der Waals surface area contributed by atoms with Gasteiger partial charge in [-0.15, -0.1) is 0 Å². The molecule has 0 aliphatic heterocycles. The van der Waals surface area contributed by atoms with Crippen LogP contribution in [-0.2, 0) is 9.59 Å². The average molecular weight is 285 g/mol. The summed E-state index contributed by atoms with van der Waals surface area (Å²) in [5.74, 6) is 0.00586. The molecule has 116 valence electrons. The van der Waals surface area contributed by atoms with Crippen molar-refractivity contribution in [1.82, 2.24) is 10.6 Å². The highest BCUT2D eigenvalue weighted by atomic mass is 16.2. The third-order valence-electron chi connectivity index (χ3n) is 3.36. The molecule has 2 atom stereocenters. The summed E-state index contributed by atoms with van der Waals surface area (Å²) in [4.78, 5) is 34.2. The highest BCUT2D eigenvalue weighted by molar-refractivity contribution is 5.88. The molecule has 0 rings (SSSR count). The van der Waals surface area contributed by atoms with Crippen LogP contribution in [0.4, 0.5) is 4.79 Å². The summed E-state index contributed by atoms with van der Waals surface area (Å²) in [5, 5.41) is 5.26. The number of rotatable bonds is 9. The van der Waals surface area contributed by atoms with Crippen LogP contribution in [0.5, 0.6) is 0 Å². The van der Waals surface area contributed by atoms with E-state index in [9.17, 15) is 14.4 Å². The molecular formula is C14H27N3O3. The van der Waals surface area contributed by atoms with Crippen molar-refractivity contribution in [2.24, 2.45) is 17.6 Å². The molecule has 0 saturated heterocycles. The van der Waals surface area contributed by atoms with Crippen LogP contribution in [0.2, 0.25) is 0 Å². The van der Waals surface area contributed by atoms with Crippen molar-refractivity contribution < 1.29 is 14.4 Å². The second-order valence-corrected chi connectivity index (χ2v) is 5.36. The maximum atomic E-state index is 12.1. The summed E-state index contributed by atoms with van der Waals surface area (Å²) >= 11 is 0. The summed E-state index contributed by atoms with van der Waals surface area (Å²) in [7, 11) is 0. The van der Waals surface area contributed by atoms with Gasteiger partial charge in [0.1, 0.15) is 0 Å². The predicted molar refractivity (Wildman–Crippen MR) is 78.1 cm³/mol. The van der Waals surface area contributed by atoms with E-state index in [1.54, 1.807) is 0 Å². The largest absolute Gasteiger partial charge is 0.352 e. The van der Waals surface area contributed by atoms with Gasteiger partial charge in [-0.1, -0.05) is 20.8 Å². The molecular weight excluding hydrogens is 258 g/mol. The van der Waals surface area contributed by atoms with Crippen LogP contribution >= 0.6 is 0 Å². The van der Waals surface area contributed by atoms with Gasteiger partial charge in [-0.25, -0.2) is 4.79 Å². The average Bonchev–Trinajstić information content (AvgIpc) is 2.32. The van der Waals surface area contributed by atoms with Crippen molar-refractivity contribution in [2.45, 2.75) is 53.0 Å². The molecule has 0 aliphatic carbocycles. The van der Waals surface area contributed by atoms with Gasteiger partial charge in [-0.05, 0) is 32.1 Å². The number of ketones is 1. The summed E-state index contributed by atoms with van der Waals surface area (Å²) in [6.45, 7) is 7.81. The van der Waals surface area contributed by atoms with Crippen molar-refractivity contribution in [3.05, 3.63) is 0 Å². The van der Waals surface area contributed by atoms with Crippen LogP contribution in [0, 0.1) is 11.8 Å². The number of amides is 3. The fourth-order valence-electron chi connectivity index (χ4n) is 2.13. The molecule has 0 aromatic rings. The molecule has 0 aromatic heterocycles. The van der Waals surface area contributed by atoms with E-state index in [-0.39, 0.29) is 23.5 Å². The molecule has 6 nitrogen and oxygen atoms in total. The topological polar surface area (TPSA) is 101 Å². The monoisotopic (exact) mass is 285 g/mol. The number of carbonyl (C=O) groups excluding carboxylic acids is 3. The number of primary amides is 1. The van der Waals surface area contributed by atoms with Gasteiger partial charge in [-0.2, -0.15) is 0 Å². The number of hydrogen-bond acceptors (Lipinski definition) is 3. The Morgan fingerprint density at radius 2 is 1.80 bits per heavy atom. The first-order chi connectivity index (χ1) is 9.29. The van der Waals surface area contributed by atoms with Crippen molar-refractivity contribution in [3.8, 4) is 0 Å². The maximum Gasteiger partial charge on any atom is 0.312 e. The Kier molecular flexibility index (Phi) is 8.59. The highest BCUT2D eigenvalue weighted by Crippen LogP contribution is 2.15. The molecule has 0 spiro atoms. The van der Waals surface area contributed by atoms with E-state index in [2.05, 4.69) is 10.6 Å². The van der Waals surface area contributed by atoms with Crippen molar-refractivity contribution in [3.63, 3.8) is 0 Å². The molecule has 0 unspecified atom stereocenters. The van der Waals surface area contributed by atoms with Gasteiger partial charge in [0.2, 0.25) is 5.91 Å². The Hall–Kier alpha value is -1.59. The Bertz CT molecular complexity index is 343. The van der Waals surface area contributed by atoms with Crippen molar-refractivity contribution in [1.29, 1.82) is 0 Å². The summed E-state index contributed by atoms with van der Waals surface area (Å²) in [6, 6.07) is -1.08. The van der Waals surface area contributed by atoms with Gasteiger partial charge in [0, 0.05) is 12.5 Å². The van der Waals surface area contributed by atoms with E-state index in [0.29, 0.717) is 19.4 Å². The van der Waals surface area contributed by atoms with Crippen molar-refractivity contribution in [2.75, 3.05) is 6.54 Å². The number of carbonyl (C=O) groups is 3. The van der Waals surface area contributed by atoms with Crippen LogP contribution in [0.1, 0.15) is 47.0 Å². The first-order valence-electron chi connectivity index (χ1n) is 7.13. The quantitative estimate of drug-likeness (QED) is 0.555. The molecule has 0 bridgehead atoms. The molecule has 0 heterocycles. The minimum Gasteiger partial charge on any atom is -0.352 e. The molecule has 3 amide bonds. The first-order valence-corrected chi connectivity index (χ1v) is 7.13. The molecule has 0 aromatic carbocycles. The third-order valence-corrected chi connectivity index (χ3v) is 3.36. The standard InChI is InChI=1S/C14H27N3O3/c1-5-11(9(2)3)13(19)17-12(10(4)18)7-6-8-16-14(15)20/h9,11-12H,5-8H2,1-4H3,(H,17,19)(H3,15,16,20)/t11-,12-/m0/s1. The van der Waals surface area contributed by atoms with Gasteiger partial charge in [0.25, 0.3) is 0 Å². The molecule has 0 aliphatic rings. The molecule has 6 heteroatoms. The SMILES string of the molecule is CC[C@H](C(=O)N[C@@H](CCCNC(N)=O)C(C)=O)C(C)C. The second-order valence-electron chi connectivity index (χ2n) is 5.36. The number of nitrogens with two attached hydrogens (primary N) is 1. The fourth-order valence-corrected chi connectivity index (χ4v) is 2.13. The molecule has 0 radical (unpaired) electrons. The fraction of sp³-hybridized carbons (Fsp3) is 0.786. The lowest BCUT2D eigenvalue weighted by molar-refractivity contribution is -0.130. The van der Waals surface area contributed by atoms with E-state index in [1.807, 2.05) is 20.8 Å². The van der Waals surface area contributed by atoms with Crippen LogP contribution in [0.25, 0.3) is 0 Å². The Balaban J connectivity index is 4.36. The van der Waals surface area contributed by atoms with Crippen LogP contribution in [-0.4, -0.2) is 30.3 Å². The van der Waals surface area contributed by atoms with Crippen LogP contribution in [0.15, 0.2) is 0 Å². The lowest BCUT2D eigenvalue weighted by atomic mass is 9.92. The number of Topliss-reactive ketones (excluding diaryl/α,β-unsaturated/α-hetero) is 1. The first kappa shape index (κ1) is 18.4. The zero-order valence-corrected chi connectivity index (χ0v) is 12.9. The minimum atomic E-state index is -0.584. The zero-order chi connectivity index (χ0) is 15.7. The van der Waals surface area contributed by atoms with E-state index in [1.165, 1.54) is 6.92 Å². The molecule has 0 fully saturated rings. The van der Waals surface area contributed by atoms with Gasteiger partial charge in [0.15, 0.2) is 5.78 Å². The Morgan fingerprint density at radius 3 is 2.20 bits per heavy atom. The normalized spacial score (nSPS) is 13.7. The van der Waals surface area contributed by atoms with Crippen molar-refractivity contribution >= 4 is 17.7 Å². The minimum absolute atomic E-state index is 0.0731. The number of urea groups is 1.